The molecule has 0 aromatic carbocycles. The Labute approximate surface area is 59.2 Å². The number of carboxylic acids is 1. The second-order valence-electron chi connectivity index (χ2n) is 2.27. The van der Waals surface area contributed by atoms with Crippen LogP contribution >= 0.6 is 0 Å². The molecule has 4 heteroatoms. The highest BCUT2D eigenvalue weighted by molar-refractivity contribution is 5.73. The minimum absolute atomic E-state index is 0.287. The van der Waals surface area contributed by atoms with E-state index in [1.165, 1.54) is 0 Å². The van der Waals surface area contributed by atoms with Gasteiger partial charge in [-0.3, -0.25) is 4.79 Å². The number of rotatable bonds is 1. The summed E-state index contributed by atoms with van der Waals surface area (Å²) in [5.41, 5.74) is 0. The van der Waals surface area contributed by atoms with Crippen LogP contribution in [0.3, 0.4) is 0 Å². The summed E-state index contributed by atoms with van der Waals surface area (Å²) in [4.78, 5) is 10.4. The summed E-state index contributed by atoms with van der Waals surface area (Å²) in [5, 5.41) is 11.4. The summed E-state index contributed by atoms with van der Waals surface area (Å²) < 4.78 is 5.03. The van der Waals surface area contributed by atoms with Crippen molar-refractivity contribution in [3.05, 3.63) is 0 Å². The van der Waals surface area contributed by atoms with E-state index in [-0.39, 0.29) is 6.61 Å². The number of carboxylic acid groups (broad SMARTS) is 1. The lowest BCUT2D eigenvalue weighted by Gasteiger charge is -2.07. The second kappa shape index (κ2) is 3.53. The van der Waals surface area contributed by atoms with Crippen molar-refractivity contribution in [1.29, 1.82) is 0 Å². The predicted octanol–water partition coefficient (Wildman–Crippen LogP) is -0.551. The van der Waals surface area contributed by atoms with E-state index in [1.54, 1.807) is 0 Å². The Bertz CT molecular complexity index is 118. The van der Waals surface area contributed by atoms with E-state index in [0.29, 0.717) is 6.61 Å². The summed E-state index contributed by atoms with van der Waals surface area (Å²) in [6, 6.07) is -0.512. The lowest BCUT2D eigenvalue weighted by Crippen LogP contribution is -2.38. The van der Waals surface area contributed by atoms with Gasteiger partial charge in [-0.15, -0.1) is 0 Å². The first-order chi connectivity index (χ1) is 4.80. The van der Waals surface area contributed by atoms with Gasteiger partial charge in [-0.25, -0.2) is 0 Å². The van der Waals surface area contributed by atoms with E-state index in [9.17, 15) is 4.79 Å². The molecule has 0 aromatic heterocycles. The Morgan fingerprint density at radius 3 is 3.20 bits per heavy atom. The van der Waals surface area contributed by atoms with Gasteiger partial charge >= 0.3 is 5.97 Å². The molecule has 1 aliphatic rings. The SMILES string of the molecule is O=C(O)[C@H]1COCCCN1. The van der Waals surface area contributed by atoms with Gasteiger partial charge in [-0.05, 0) is 13.0 Å². The van der Waals surface area contributed by atoms with Crippen LogP contribution in [0.1, 0.15) is 6.42 Å². The summed E-state index contributed by atoms with van der Waals surface area (Å²) in [7, 11) is 0. The zero-order chi connectivity index (χ0) is 7.40. The number of ether oxygens (including phenoxy) is 1. The lowest BCUT2D eigenvalue weighted by atomic mass is 10.3. The molecule has 0 radical (unpaired) electrons. The normalized spacial score (nSPS) is 27.4. The van der Waals surface area contributed by atoms with Gasteiger partial charge in [0, 0.05) is 6.61 Å². The first-order valence-electron chi connectivity index (χ1n) is 3.34. The third-order valence-electron chi connectivity index (χ3n) is 1.44. The molecule has 2 N–H and O–H groups in total. The first kappa shape index (κ1) is 7.50. The van der Waals surface area contributed by atoms with E-state index in [4.69, 9.17) is 9.84 Å². The van der Waals surface area contributed by atoms with Gasteiger partial charge in [0.05, 0.1) is 6.61 Å². The number of aliphatic carboxylic acids is 1. The fourth-order valence-corrected chi connectivity index (χ4v) is 0.869. The van der Waals surface area contributed by atoms with E-state index >= 15 is 0 Å². The summed E-state index contributed by atoms with van der Waals surface area (Å²) in [6.45, 7) is 1.68. The molecule has 0 amide bonds. The van der Waals surface area contributed by atoms with Crippen LogP contribution in [0.2, 0.25) is 0 Å². The number of hydrogen-bond donors (Lipinski definition) is 2. The molecule has 0 bridgehead atoms. The largest absolute Gasteiger partial charge is 0.480 e. The summed E-state index contributed by atoms with van der Waals surface area (Å²) in [5.74, 6) is -0.832. The van der Waals surface area contributed by atoms with Crippen LogP contribution < -0.4 is 5.32 Å². The maximum Gasteiger partial charge on any atom is 0.323 e. The van der Waals surface area contributed by atoms with Crippen molar-refractivity contribution in [3.8, 4) is 0 Å². The highest BCUT2D eigenvalue weighted by Gasteiger charge is 2.18. The molecule has 1 atom stereocenters. The minimum Gasteiger partial charge on any atom is -0.480 e. The van der Waals surface area contributed by atoms with Crippen molar-refractivity contribution >= 4 is 5.97 Å². The van der Waals surface area contributed by atoms with Gasteiger partial charge < -0.3 is 15.2 Å². The zero-order valence-corrected chi connectivity index (χ0v) is 5.67. The van der Waals surface area contributed by atoms with Crippen molar-refractivity contribution in [2.75, 3.05) is 19.8 Å². The maximum absolute atomic E-state index is 10.4. The smallest absolute Gasteiger partial charge is 0.323 e. The Balaban J connectivity index is 2.35. The molecule has 0 aliphatic carbocycles. The third kappa shape index (κ3) is 1.97. The molecule has 1 saturated heterocycles. The average Bonchev–Trinajstić information content (AvgIpc) is 2.12. The van der Waals surface area contributed by atoms with Gasteiger partial charge in [-0.1, -0.05) is 0 Å². The molecule has 1 heterocycles. The number of nitrogens with one attached hydrogen (secondary N) is 1. The molecule has 1 rings (SSSR count). The molecular formula is C6H11NO3. The molecule has 0 unspecified atom stereocenters. The maximum atomic E-state index is 10.4. The van der Waals surface area contributed by atoms with Gasteiger partial charge in [0.1, 0.15) is 6.04 Å². The van der Waals surface area contributed by atoms with E-state index < -0.39 is 12.0 Å². The van der Waals surface area contributed by atoms with Crippen LogP contribution in [0.5, 0.6) is 0 Å². The average molecular weight is 145 g/mol. The Kier molecular flexibility index (Phi) is 2.65. The van der Waals surface area contributed by atoms with Crippen LogP contribution in [0.4, 0.5) is 0 Å². The van der Waals surface area contributed by atoms with Crippen LogP contribution in [-0.4, -0.2) is 36.9 Å². The van der Waals surface area contributed by atoms with Gasteiger partial charge in [0.25, 0.3) is 0 Å². The fraction of sp³-hybridized carbons (Fsp3) is 0.833. The summed E-state index contributed by atoms with van der Waals surface area (Å²) >= 11 is 0. The molecule has 10 heavy (non-hydrogen) atoms. The minimum atomic E-state index is -0.832. The van der Waals surface area contributed by atoms with Crippen molar-refractivity contribution in [2.24, 2.45) is 0 Å². The van der Waals surface area contributed by atoms with Crippen molar-refractivity contribution in [1.82, 2.24) is 5.32 Å². The van der Waals surface area contributed by atoms with Crippen molar-refractivity contribution in [3.63, 3.8) is 0 Å². The molecule has 0 spiro atoms. The molecule has 1 aliphatic heterocycles. The van der Waals surface area contributed by atoms with E-state index in [0.717, 1.165) is 13.0 Å². The molecule has 4 nitrogen and oxygen atoms in total. The predicted molar refractivity (Wildman–Crippen MR) is 34.9 cm³/mol. The van der Waals surface area contributed by atoms with E-state index in [1.807, 2.05) is 0 Å². The third-order valence-corrected chi connectivity index (χ3v) is 1.44. The van der Waals surface area contributed by atoms with Gasteiger partial charge in [0.15, 0.2) is 0 Å². The van der Waals surface area contributed by atoms with Crippen LogP contribution in [0.15, 0.2) is 0 Å². The number of hydrogen-bond acceptors (Lipinski definition) is 3. The Morgan fingerprint density at radius 2 is 2.50 bits per heavy atom. The zero-order valence-electron chi connectivity index (χ0n) is 5.67. The number of carbonyl (C=O) groups is 1. The highest BCUT2D eigenvalue weighted by atomic mass is 16.5. The quantitative estimate of drug-likeness (QED) is 0.519. The molecule has 0 aromatic rings. The molecule has 58 valence electrons. The Morgan fingerprint density at radius 1 is 1.70 bits per heavy atom. The first-order valence-corrected chi connectivity index (χ1v) is 3.34. The summed E-state index contributed by atoms with van der Waals surface area (Å²) in [6.07, 6.45) is 0.893. The molecule has 1 fully saturated rings. The van der Waals surface area contributed by atoms with Crippen molar-refractivity contribution < 1.29 is 14.6 Å². The van der Waals surface area contributed by atoms with Crippen molar-refractivity contribution in [2.45, 2.75) is 12.5 Å². The van der Waals surface area contributed by atoms with Gasteiger partial charge in [0.2, 0.25) is 0 Å². The fourth-order valence-electron chi connectivity index (χ4n) is 0.869. The van der Waals surface area contributed by atoms with E-state index in [2.05, 4.69) is 5.32 Å². The van der Waals surface area contributed by atoms with Crippen LogP contribution in [0.25, 0.3) is 0 Å². The highest BCUT2D eigenvalue weighted by Crippen LogP contribution is 1.93. The molecular weight excluding hydrogens is 134 g/mol. The Hall–Kier alpha value is -0.610. The topological polar surface area (TPSA) is 58.6 Å². The standard InChI is InChI=1S/C6H11NO3/c8-6(9)5-4-10-3-1-2-7-5/h5,7H,1-4H2,(H,8,9)/t5-/m1/s1. The molecule has 0 saturated carbocycles. The second-order valence-corrected chi connectivity index (χ2v) is 2.27. The van der Waals surface area contributed by atoms with Crippen LogP contribution in [-0.2, 0) is 9.53 Å². The monoisotopic (exact) mass is 145 g/mol. The van der Waals surface area contributed by atoms with Crippen LogP contribution in [0, 0.1) is 0 Å². The lowest BCUT2D eigenvalue weighted by molar-refractivity contribution is -0.140. The van der Waals surface area contributed by atoms with Gasteiger partial charge in [-0.2, -0.15) is 0 Å².